The molecule has 0 aliphatic rings. The smallest absolute Gasteiger partial charge is 0.387 e. The number of carbonyl (C=O) groups excluding carboxylic acids is 1. The molecule has 3 atom stereocenters. The van der Waals surface area contributed by atoms with Gasteiger partial charge in [0, 0.05) is 13.0 Å². The number of hydrogen-bond donors (Lipinski definition) is 4. The van der Waals surface area contributed by atoms with E-state index in [9.17, 15) is 19.4 Å². The predicted octanol–water partition coefficient (Wildman–Crippen LogP) is 11.7. The third-order valence-electron chi connectivity index (χ3n) is 9.15. The molecule has 0 saturated heterocycles. The molecule has 0 aromatic heterocycles. The van der Waals surface area contributed by atoms with Crippen LogP contribution in [0.3, 0.4) is 0 Å². The fraction of sp³-hybridized carbons (Fsp3) is 0.791. The summed E-state index contributed by atoms with van der Waals surface area (Å²) in [5.74, 6) is -0.208. The summed E-state index contributed by atoms with van der Waals surface area (Å²) in [6.07, 6.45) is 47.2. The van der Waals surface area contributed by atoms with Crippen molar-refractivity contribution in [1.29, 1.82) is 0 Å². The minimum atomic E-state index is -4.34. The van der Waals surface area contributed by atoms with Gasteiger partial charge in [0.25, 0.3) is 0 Å². The number of unbranched alkanes of at least 4 members (excludes halogenated alkanes) is 21. The zero-order chi connectivity index (χ0) is 38.2. The van der Waals surface area contributed by atoms with Crippen molar-refractivity contribution >= 4 is 13.7 Å². The van der Waals surface area contributed by atoms with Gasteiger partial charge in [0.05, 0.1) is 25.4 Å². The maximum Gasteiger partial charge on any atom is 0.472 e. The average Bonchev–Trinajstić information content (AvgIpc) is 3.13. The highest BCUT2D eigenvalue weighted by Gasteiger charge is 2.26. The number of amides is 1. The van der Waals surface area contributed by atoms with Crippen LogP contribution in [0, 0.1) is 0 Å². The largest absolute Gasteiger partial charge is 0.472 e. The van der Waals surface area contributed by atoms with E-state index in [1.54, 1.807) is 6.08 Å². The summed E-state index contributed by atoms with van der Waals surface area (Å²) >= 11 is 0. The van der Waals surface area contributed by atoms with Gasteiger partial charge < -0.3 is 21.1 Å². The van der Waals surface area contributed by atoms with E-state index in [0.29, 0.717) is 6.42 Å². The fourth-order valence-corrected chi connectivity index (χ4v) is 6.66. The van der Waals surface area contributed by atoms with E-state index in [2.05, 4.69) is 55.6 Å². The molecule has 0 aromatic carbocycles. The molecule has 8 nitrogen and oxygen atoms in total. The van der Waals surface area contributed by atoms with Gasteiger partial charge in [0.15, 0.2) is 0 Å². The number of nitrogens with two attached hydrogens (primary N) is 1. The van der Waals surface area contributed by atoms with Gasteiger partial charge in [-0.2, -0.15) is 0 Å². The molecular weight excluding hydrogens is 671 g/mol. The standard InChI is InChI=1S/C43H81N2O6P/c1-3-5-7-9-11-13-15-17-19-20-21-22-23-25-27-29-31-33-35-37-43(47)45-41(40-51-52(48,49)50-39-38-44)42(46)36-34-32-30-28-26-24-18-16-14-12-10-8-6-4-2/h11,13,17,19,21-22,34,36,41-42,46H,3-10,12,14-16,18,20,23-33,35,37-40,44H2,1-2H3,(H,45,47)(H,48,49)/b13-11-,19-17-,22-21-,36-34+. The van der Waals surface area contributed by atoms with E-state index in [0.717, 1.165) is 64.2 Å². The monoisotopic (exact) mass is 753 g/mol. The second-order valence-electron chi connectivity index (χ2n) is 14.2. The van der Waals surface area contributed by atoms with Crippen LogP contribution >= 0.6 is 7.82 Å². The Morgan fingerprint density at radius 1 is 0.635 bits per heavy atom. The van der Waals surface area contributed by atoms with Crippen LogP contribution < -0.4 is 11.1 Å². The molecule has 0 rings (SSSR count). The average molecular weight is 753 g/mol. The highest BCUT2D eigenvalue weighted by molar-refractivity contribution is 7.47. The second kappa shape index (κ2) is 39.2. The number of carbonyl (C=O) groups is 1. The predicted molar refractivity (Wildman–Crippen MR) is 221 cm³/mol. The lowest BCUT2D eigenvalue weighted by molar-refractivity contribution is -0.123. The Morgan fingerprint density at radius 2 is 1.06 bits per heavy atom. The van der Waals surface area contributed by atoms with Gasteiger partial charge in [-0.25, -0.2) is 4.57 Å². The van der Waals surface area contributed by atoms with E-state index in [4.69, 9.17) is 14.8 Å². The Labute approximate surface area is 320 Å². The molecule has 5 N–H and O–H groups in total. The molecule has 0 saturated carbocycles. The zero-order valence-corrected chi connectivity index (χ0v) is 34.4. The third-order valence-corrected chi connectivity index (χ3v) is 10.1. The van der Waals surface area contributed by atoms with Crippen molar-refractivity contribution in [2.45, 2.75) is 199 Å². The molecule has 0 aliphatic carbocycles. The summed E-state index contributed by atoms with van der Waals surface area (Å²) in [6, 6.07) is -0.867. The Bertz CT molecular complexity index is 954. The van der Waals surface area contributed by atoms with Crippen LogP contribution in [0.25, 0.3) is 0 Å². The summed E-state index contributed by atoms with van der Waals surface area (Å²) in [7, 11) is -4.34. The first kappa shape index (κ1) is 50.5. The molecule has 0 spiro atoms. The molecule has 1 amide bonds. The molecule has 0 aromatic rings. The van der Waals surface area contributed by atoms with Crippen LogP contribution in [0.4, 0.5) is 0 Å². The Hall–Kier alpha value is -1.54. The summed E-state index contributed by atoms with van der Waals surface area (Å²) in [6.45, 7) is 4.09. The Kier molecular flexibility index (Phi) is 38.0. The van der Waals surface area contributed by atoms with Crippen molar-refractivity contribution in [3.8, 4) is 0 Å². The van der Waals surface area contributed by atoms with E-state index < -0.39 is 20.0 Å². The third kappa shape index (κ3) is 36.8. The highest BCUT2D eigenvalue weighted by atomic mass is 31.2. The number of aliphatic hydroxyl groups excluding tert-OH is 1. The first-order valence-corrected chi connectivity index (χ1v) is 22.8. The number of allylic oxidation sites excluding steroid dienone is 7. The molecule has 0 heterocycles. The Balaban J connectivity index is 4.26. The van der Waals surface area contributed by atoms with E-state index in [-0.39, 0.29) is 25.7 Å². The molecular formula is C43H81N2O6P. The van der Waals surface area contributed by atoms with Crippen molar-refractivity contribution in [2.24, 2.45) is 5.73 Å². The van der Waals surface area contributed by atoms with Gasteiger partial charge in [-0.15, -0.1) is 0 Å². The maximum absolute atomic E-state index is 12.7. The van der Waals surface area contributed by atoms with E-state index in [1.165, 1.54) is 103 Å². The summed E-state index contributed by atoms with van der Waals surface area (Å²) in [5, 5.41) is 13.6. The summed E-state index contributed by atoms with van der Waals surface area (Å²) in [4.78, 5) is 22.7. The van der Waals surface area contributed by atoms with Crippen molar-refractivity contribution in [1.82, 2.24) is 5.32 Å². The highest BCUT2D eigenvalue weighted by Crippen LogP contribution is 2.43. The number of phosphoric ester groups is 1. The van der Waals surface area contributed by atoms with Gasteiger partial charge in [0.2, 0.25) is 5.91 Å². The van der Waals surface area contributed by atoms with Crippen LogP contribution in [-0.2, 0) is 18.4 Å². The van der Waals surface area contributed by atoms with Gasteiger partial charge in [-0.1, -0.05) is 172 Å². The van der Waals surface area contributed by atoms with Gasteiger partial charge in [-0.3, -0.25) is 13.8 Å². The lowest BCUT2D eigenvalue weighted by Crippen LogP contribution is -2.45. The minimum absolute atomic E-state index is 0.0746. The molecule has 304 valence electrons. The van der Waals surface area contributed by atoms with E-state index >= 15 is 0 Å². The first-order valence-electron chi connectivity index (χ1n) is 21.3. The van der Waals surface area contributed by atoms with Gasteiger partial charge in [0.1, 0.15) is 0 Å². The van der Waals surface area contributed by atoms with Gasteiger partial charge in [-0.05, 0) is 57.8 Å². The lowest BCUT2D eigenvalue weighted by Gasteiger charge is -2.23. The molecule has 0 fully saturated rings. The molecule has 0 aliphatic heterocycles. The van der Waals surface area contributed by atoms with Gasteiger partial charge >= 0.3 is 7.82 Å². The second-order valence-corrected chi connectivity index (χ2v) is 15.7. The number of aliphatic hydroxyl groups is 1. The van der Waals surface area contributed by atoms with Crippen LogP contribution in [0.15, 0.2) is 48.6 Å². The van der Waals surface area contributed by atoms with Crippen LogP contribution in [0.2, 0.25) is 0 Å². The van der Waals surface area contributed by atoms with E-state index in [1.807, 2.05) is 6.08 Å². The van der Waals surface area contributed by atoms with Crippen LogP contribution in [0.5, 0.6) is 0 Å². The molecule has 0 bridgehead atoms. The number of phosphoric acid groups is 1. The number of hydrogen-bond acceptors (Lipinski definition) is 6. The molecule has 3 unspecified atom stereocenters. The summed E-state index contributed by atoms with van der Waals surface area (Å²) in [5.41, 5.74) is 5.37. The quantitative estimate of drug-likeness (QED) is 0.0279. The zero-order valence-electron chi connectivity index (χ0n) is 33.5. The summed E-state index contributed by atoms with van der Waals surface area (Å²) < 4.78 is 22.1. The Morgan fingerprint density at radius 3 is 1.58 bits per heavy atom. The maximum atomic E-state index is 12.7. The number of rotatable bonds is 39. The number of nitrogens with one attached hydrogen (secondary N) is 1. The fourth-order valence-electron chi connectivity index (χ4n) is 5.90. The molecule has 9 heteroatoms. The van der Waals surface area contributed by atoms with Crippen molar-refractivity contribution in [3.05, 3.63) is 48.6 Å². The molecule has 52 heavy (non-hydrogen) atoms. The van der Waals surface area contributed by atoms with Crippen LogP contribution in [-0.4, -0.2) is 47.8 Å². The normalized spacial score (nSPS) is 14.6. The van der Waals surface area contributed by atoms with Crippen molar-refractivity contribution in [3.63, 3.8) is 0 Å². The first-order chi connectivity index (χ1) is 25.4. The minimum Gasteiger partial charge on any atom is -0.387 e. The SMILES string of the molecule is CCCCC/C=C\C/C=C\C/C=C\CCCCCCCCC(=O)NC(COP(=O)(O)OCCN)C(O)/C=C/CCCCCCCCCCCCCC. The topological polar surface area (TPSA) is 131 Å². The van der Waals surface area contributed by atoms with Crippen LogP contribution in [0.1, 0.15) is 187 Å². The van der Waals surface area contributed by atoms with Crippen molar-refractivity contribution < 1.29 is 28.4 Å². The lowest BCUT2D eigenvalue weighted by atomic mass is 10.0. The molecule has 0 radical (unpaired) electrons. The van der Waals surface area contributed by atoms with Crippen molar-refractivity contribution in [2.75, 3.05) is 19.8 Å².